The van der Waals surface area contributed by atoms with Crippen molar-refractivity contribution < 1.29 is 23.9 Å². The third kappa shape index (κ3) is 6.76. The number of hydrogen-bond acceptors (Lipinski definition) is 7. The summed E-state index contributed by atoms with van der Waals surface area (Å²) in [6.45, 7) is 10.4. The Morgan fingerprint density at radius 2 is 1.78 bits per heavy atom. The van der Waals surface area contributed by atoms with Crippen molar-refractivity contribution in [1.82, 2.24) is 14.7 Å². The van der Waals surface area contributed by atoms with E-state index >= 15 is 0 Å². The van der Waals surface area contributed by atoms with Crippen molar-refractivity contribution in [2.24, 2.45) is 0 Å². The van der Waals surface area contributed by atoms with Gasteiger partial charge in [0.15, 0.2) is 12.4 Å². The molecule has 2 aromatic heterocycles. The van der Waals surface area contributed by atoms with Crippen molar-refractivity contribution in [3.8, 4) is 5.75 Å². The smallest absolute Gasteiger partial charge is 0.341 e. The first-order valence-electron chi connectivity index (χ1n) is 12.0. The lowest BCUT2D eigenvalue weighted by Crippen LogP contribution is -2.21. The van der Waals surface area contributed by atoms with Gasteiger partial charge in [0.1, 0.15) is 10.8 Å². The minimum Gasteiger partial charge on any atom is -0.471 e. The van der Waals surface area contributed by atoms with E-state index in [4.69, 9.17) is 9.47 Å². The third-order valence-electron chi connectivity index (χ3n) is 5.57. The van der Waals surface area contributed by atoms with Crippen molar-refractivity contribution in [2.75, 3.05) is 26.0 Å². The van der Waals surface area contributed by atoms with Gasteiger partial charge in [-0.1, -0.05) is 39.8 Å². The maximum Gasteiger partial charge on any atom is 0.341 e. The number of rotatable bonds is 9. The Kier molecular flexibility index (Phi) is 8.75. The van der Waals surface area contributed by atoms with Crippen LogP contribution < -0.4 is 10.1 Å². The van der Waals surface area contributed by atoms with E-state index in [9.17, 15) is 14.4 Å². The largest absolute Gasteiger partial charge is 0.471 e. The van der Waals surface area contributed by atoms with Crippen LogP contribution in [0.2, 0.25) is 0 Å². The zero-order valence-electron chi connectivity index (χ0n) is 22.4. The van der Waals surface area contributed by atoms with Crippen LogP contribution in [0.5, 0.6) is 5.75 Å². The Bertz CT molecular complexity index is 1270. The second-order valence-corrected chi connectivity index (χ2v) is 10.9. The molecule has 3 aromatic rings. The molecule has 37 heavy (non-hydrogen) atoms. The van der Waals surface area contributed by atoms with Gasteiger partial charge in [0, 0.05) is 20.3 Å². The van der Waals surface area contributed by atoms with Gasteiger partial charge in [0.05, 0.1) is 17.0 Å². The number of benzene rings is 1. The molecule has 0 radical (unpaired) electrons. The maximum absolute atomic E-state index is 13.0. The standard InChI is InChI=1S/C27H34N4O5S/c1-8-15-35-26(34)21-17(2)22(25(33)30(6)7)37-24(21)28-23(32)20-13-14-31(29-20)16-36-19-11-9-18(10-12-19)27(3,4)5/h9-14H,8,15-16H2,1-7H3,(H,28,32). The fourth-order valence-electron chi connectivity index (χ4n) is 3.44. The van der Waals surface area contributed by atoms with Gasteiger partial charge in [-0.15, -0.1) is 11.3 Å². The molecule has 3 rings (SSSR count). The first kappa shape index (κ1) is 27.9. The SMILES string of the molecule is CCCOC(=O)c1c(NC(=O)c2ccn(COc3ccc(C(C)(C)C)cc3)n2)sc(C(=O)N(C)C)c1C. The highest BCUT2D eigenvalue weighted by Crippen LogP contribution is 2.34. The molecule has 0 spiro atoms. The maximum atomic E-state index is 13.0. The van der Waals surface area contributed by atoms with Crippen LogP contribution in [0.1, 0.15) is 75.8 Å². The number of aromatic nitrogens is 2. The highest BCUT2D eigenvalue weighted by molar-refractivity contribution is 7.18. The Morgan fingerprint density at radius 3 is 2.38 bits per heavy atom. The summed E-state index contributed by atoms with van der Waals surface area (Å²) in [5, 5.41) is 7.27. The molecule has 10 heteroatoms. The fraction of sp³-hybridized carbons (Fsp3) is 0.407. The highest BCUT2D eigenvalue weighted by Gasteiger charge is 2.28. The van der Waals surface area contributed by atoms with E-state index in [-0.39, 0.29) is 40.9 Å². The van der Waals surface area contributed by atoms with E-state index in [0.717, 1.165) is 11.3 Å². The second kappa shape index (κ2) is 11.6. The van der Waals surface area contributed by atoms with E-state index in [0.29, 0.717) is 22.6 Å². The minimum absolute atomic E-state index is 0.0526. The van der Waals surface area contributed by atoms with Crippen LogP contribution in [0.25, 0.3) is 0 Å². The Balaban J connectivity index is 1.74. The lowest BCUT2D eigenvalue weighted by molar-refractivity contribution is 0.0506. The quantitative estimate of drug-likeness (QED) is 0.389. The summed E-state index contributed by atoms with van der Waals surface area (Å²) in [6.07, 6.45) is 2.29. The predicted molar refractivity (Wildman–Crippen MR) is 144 cm³/mol. The van der Waals surface area contributed by atoms with E-state index in [1.165, 1.54) is 15.1 Å². The number of amides is 2. The minimum atomic E-state index is -0.583. The third-order valence-corrected chi connectivity index (χ3v) is 6.77. The molecule has 0 bridgehead atoms. The summed E-state index contributed by atoms with van der Waals surface area (Å²) in [7, 11) is 3.25. The predicted octanol–water partition coefficient (Wildman–Crippen LogP) is 5.11. The first-order valence-corrected chi connectivity index (χ1v) is 12.8. The molecule has 9 nitrogen and oxygen atoms in total. The fourth-order valence-corrected chi connectivity index (χ4v) is 4.65. The number of nitrogens with one attached hydrogen (secondary N) is 1. The van der Waals surface area contributed by atoms with Crippen molar-refractivity contribution in [3.05, 3.63) is 63.8 Å². The number of carbonyl (C=O) groups is 3. The number of esters is 1. The summed E-state index contributed by atoms with van der Waals surface area (Å²) < 4.78 is 12.6. The molecule has 0 aliphatic carbocycles. The van der Waals surface area contributed by atoms with Gasteiger partial charge < -0.3 is 19.7 Å². The normalized spacial score (nSPS) is 11.2. The van der Waals surface area contributed by atoms with Crippen molar-refractivity contribution >= 4 is 34.1 Å². The molecule has 0 saturated heterocycles. The van der Waals surface area contributed by atoms with Gasteiger partial charge in [-0.25, -0.2) is 9.48 Å². The molecular formula is C27H34N4O5S. The van der Waals surface area contributed by atoms with Gasteiger partial charge in [0.2, 0.25) is 0 Å². The average molecular weight is 527 g/mol. The van der Waals surface area contributed by atoms with E-state index in [1.807, 2.05) is 31.2 Å². The molecule has 0 aliphatic heterocycles. The summed E-state index contributed by atoms with van der Waals surface area (Å²) in [5.41, 5.74) is 2.05. The van der Waals surface area contributed by atoms with Crippen molar-refractivity contribution in [1.29, 1.82) is 0 Å². The van der Waals surface area contributed by atoms with Crippen molar-refractivity contribution in [3.63, 3.8) is 0 Å². The average Bonchev–Trinajstić information content (AvgIpc) is 3.45. The molecule has 198 valence electrons. The number of thiophene rings is 1. The van der Waals surface area contributed by atoms with Crippen LogP contribution in [0.4, 0.5) is 5.00 Å². The molecule has 0 fully saturated rings. The van der Waals surface area contributed by atoms with Crippen LogP contribution in [0.3, 0.4) is 0 Å². The summed E-state index contributed by atoms with van der Waals surface area (Å²) in [6, 6.07) is 9.42. The van der Waals surface area contributed by atoms with Crippen molar-refractivity contribution in [2.45, 2.75) is 53.2 Å². The monoisotopic (exact) mass is 526 g/mol. The zero-order valence-corrected chi connectivity index (χ0v) is 23.2. The number of carbonyl (C=O) groups excluding carboxylic acids is 3. The van der Waals surface area contributed by atoms with Gasteiger partial charge >= 0.3 is 5.97 Å². The zero-order chi connectivity index (χ0) is 27.3. The van der Waals surface area contributed by atoms with E-state index in [2.05, 4.69) is 31.2 Å². The molecule has 0 unspecified atom stereocenters. The Morgan fingerprint density at radius 1 is 1.11 bits per heavy atom. The lowest BCUT2D eigenvalue weighted by Gasteiger charge is -2.19. The lowest BCUT2D eigenvalue weighted by atomic mass is 9.87. The van der Waals surface area contributed by atoms with Gasteiger partial charge in [-0.3, -0.25) is 9.59 Å². The number of nitrogens with zero attached hydrogens (tertiary/aromatic N) is 3. The molecule has 2 amide bonds. The molecular weight excluding hydrogens is 492 g/mol. The number of ether oxygens (including phenoxy) is 2. The molecule has 1 N–H and O–H groups in total. The van der Waals surface area contributed by atoms with Gasteiger partial charge in [-0.2, -0.15) is 5.10 Å². The number of anilines is 1. The summed E-state index contributed by atoms with van der Waals surface area (Å²) in [5.74, 6) is -0.663. The van der Waals surface area contributed by atoms with Gasteiger partial charge in [0.25, 0.3) is 11.8 Å². The molecule has 0 aliphatic rings. The van der Waals surface area contributed by atoms with Crippen LogP contribution in [-0.4, -0.2) is 53.2 Å². The Labute approximate surface area is 221 Å². The summed E-state index contributed by atoms with van der Waals surface area (Å²) in [4.78, 5) is 40.1. The summed E-state index contributed by atoms with van der Waals surface area (Å²) >= 11 is 1.04. The highest BCUT2D eigenvalue weighted by atomic mass is 32.1. The molecule has 2 heterocycles. The molecule has 0 atom stereocenters. The van der Waals surface area contributed by atoms with E-state index < -0.39 is 11.9 Å². The Hall–Kier alpha value is -3.66. The number of hydrogen-bond donors (Lipinski definition) is 1. The van der Waals surface area contributed by atoms with Crippen LogP contribution >= 0.6 is 11.3 Å². The van der Waals surface area contributed by atoms with Crippen LogP contribution in [0.15, 0.2) is 36.5 Å². The first-order chi connectivity index (χ1) is 17.4. The second-order valence-electron chi connectivity index (χ2n) is 9.84. The topological polar surface area (TPSA) is 103 Å². The van der Waals surface area contributed by atoms with E-state index in [1.54, 1.807) is 33.3 Å². The molecule has 0 saturated carbocycles. The molecule has 1 aromatic carbocycles. The van der Waals surface area contributed by atoms with Gasteiger partial charge in [-0.05, 0) is 48.1 Å². The van der Waals surface area contributed by atoms with Crippen LogP contribution in [-0.2, 0) is 16.9 Å². The van der Waals surface area contributed by atoms with Crippen LogP contribution in [0, 0.1) is 6.92 Å².